The molecule has 7 heteroatoms. The lowest BCUT2D eigenvalue weighted by Crippen LogP contribution is -2.44. The molecule has 1 aliphatic rings. The maximum absolute atomic E-state index is 11.5. The molecule has 0 radical (unpaired) electrons. The van der Waals surface area contributed by atoms with Gasteiger partial charge in [-0.2, -0.15) is 5.10 Å². The Balaban J connectivity index is 2.24. The third-order valence-electron chi connectivity index (χ3n) is 3.62. The SMILES string of the molecule is CC1COCCN1c1c(C(=O)O)cnc2c1cnn2C. The number of carbonyl (C=O) groups is 1. The first-order valence-corrected chi connectivity index (χ1v) is 6.48. The quantitative estimate of drug-likeness (QED) is 0.877. The Morgan fingerprint density at radius 1 is 1.50 bits per heavy atom. The van der Waals surface area contributed by atoms with Crippen molar-refractivity contribution in [2.24, 2.45) is 7.05 Å². The predicted octanol–water partition coefficient (Wildman–Crippen LogP) is 0.892. The molecule has 1 aliphatic heterocycles. The number of aryl methyl sites for hydroxylation is 1. The summed E-state index contributed by atoms with van der Waals surface area (Å²) < 4.78 is 7.07. The first kappa shape index (κ1) is 12.9. The number of fused-ring (bicyclic) bond motifs is 1. The Labute approximate surface area is 115 Å². The molecular formula is C13H16N4O3. The number of hydrogen-bond donors (Lipinski definition) is 1. The van der Waals surface area contributed by atoms with Crippen molar-refractivity contribution in [3.63, 3.8) is 0 Å². The normalized spacial score (nSPS) is 19.5. The number of nitrogens with zero attached hydrogens (tertiary/aromatic N) is 4. The van der Waals surface area contributed by atoms with Crippen molar-refractivity contribution in [3.8, 4) is 0 Å². The van der Waals surface area contributed by atoms with Crippen LogP contribution in [0, 0.1) is 0 Å². The standard InChI is InChI=1S/C13H16N4O3/c1-8-7-20-4-3-17(8)11-9-6-15-16(2)12(9)14-5-10(11)13(18)19/h5-6,8H,3-4,7H2,1-2H3,(H,18,19). The first-order valence-electron chi connectivity index (χ1n) is 6.48. The molecule has 0 saturated carbocycles. The minimum absolute atomic E-state index is 0.118. The van der Waals surface area contributed by atoms with E-state index in [-0.39, 0.29) is 11.6 Å². The number of aromatic nitrogens is 3. The van der Waals surface area contributed by atoms with E-state index in [0.717, 1.165) is 5.39 Å². The highest BCUT2D eigenvalue weighted by atomic mass is 16.5. The summed E-state index contributed by atoms with van der Waals surface area (Å²) in [4.78, 5) is 17.8. The van der Waals surface area contributed by atoms with Gasteiger partial charge in [0.25, 0.3) is 0 Å². The van der Waals surface area contributed by atoms with Gasteiger partial charge in [-0.25, -0.2) is 9.78 Å². The van der Waals surface area contributed by atoms with E-state index in [9.17, 15) is 9.90 Å². The summed E-state index contributed by atoms with van der Waals surface area (Å²) in [5.41, 5.74) is 1.58. The average molecular weight is 276 g/mol. The number of anilines is 1. The average Bonchev–Trinajstić information content (AvgIpc) is 2.80. The fourth-order valence-corrected chi connectivity index (χ4v) is 2.61. The second kappa shape index (κ2) is 4.75. The van der Waals surface area contributed by atoms with Gasteiger partial charge < -0.3 is 14.7 Å². The van der Waals surface area contributed by atoms with Crippen molar-refractivity contribution in [2.75, 3.05) is 24.7 Å². The third kappa shape index (κ3) is 1.90. The third-order valence-corrected chi connectivity index (χ3v) is 3.62. The van der Waals surface area contributed by atoms with Crippen LogP contribution in [-0.4, -0.2) is 51.6 Å². The zero-order valence-corrected chi connectivity index (χ0v) is 11.4. The molecule has 0 spiro atoms. The van der Waals surface area contributed by atoms with Crippen LogP contribution in [0.15, 0.2) is 12.4 Å². The second-order valence-corrected chi connectivity index (χ2v) is 4.95. The second-order valence-electron chi connectivity index (χ2n) is 4.95. The van der Waals surface area contributed by atoms with E-state index in [1.165, 1.54) is 6.20 Å². The molecule has 0 aliphatic carbocycles. The van der Waals surface area contributed by atoms with Gasteiger partial charge in [0.2, 0.25) is 0 Å². The van der Waals surface area contributed by atoms with Gasteiger partial charge in [0.1, 0.15) is 5.56 Å². The monoisotopic (exact) mass is 276 g/mol. The molecule has 20 heavy (non-hydrogen) atoms. The fraction of sp³-hybridized carbons (Fsp3) is 0.462. The Morgan fingerprint density at radius 3 is 3.00 bits per heavy atom. The highest BCUT2D eigenvalue weighted by Gasteiger charge is 2.27. The molecule has 1 unspecified atom stereocenters. The lowest BCUT2D eigenvalue weighted by atomic mass is 10.1. The topological polar surface area (TPSA) is 80.5 Å². The molecule has 0 amide bonds. The molecule has 2 aromatic heterocycles. The smallest absolute Gasteiger partial charge is 0.339 e. The van der Waals surface area contributed by atoms with E-state index in [2.05, 4.69) is 15.0 Å². The summed E-state index contributed by atoms with van der Waals surface area (Å²) in [5.74, 6) is -0.975. The molecule has 1 fully saturated rings. The maximum atomic E-state index is 11.5. The first-order chi connectivity index (χ1) is 9.59. The van der Waals surface area contributed by atoms with Gasteiger partial charge in [0.05, 0.1) is 30.5 Å². The van der Waals surface area contributed by atoms with Crippen LogP contribution in [0.4, 0.5) is 5.69 Å². The van der Waals surface area contributed by atoms with E-state index in [0.29, 0.717) is 31.1 Å². The van der Waals surface area contributed by atoms with E-state index >= 15 is 0 Å². The van der Waals surface area contributed by atoms with Crippen LogP contribution in [0.5, 0.6) is 0 Å². The number of pyridine rings is 1. The van der Waals surface area contributed by atoms with Gasteiger partial charge in [-0.05, 0) is 6.92 Å². The number of morpholine rings is 1. The summed E-state index contributed by atoms with van der Waals surface area (Å²) in [6.45, 7) is 3.86. The molecule has 0 bridgehead atoms. The minimum Gasteiger partial charge on any atom is -0.478 e. The molecule has 106 valence electrons. The summed E-state index contributed by atoms with van der Waals surface area (Å²) in [5, 5.41) is 14.4. The maximum Gasteiger partial charge on any atom is 0.339 e. The van der Waals surface area contributed by atoms with E-state index in [1.54, 1.807) is 17.9 Å². The Hall–Kier alpha value is -2.15. The van der Waals surface area contributed by atoms with Crippen molar-refractivity contribution in [1.82, 2.24) is 14.8 Å². The van der Waals surface area contributed by atoms with Crippen LogP contribution in [0.3, 0.4) is 0 Å². The van der Waals surface area contributed by atoms with Crippen molar-refractivity contribution < 1.29 is 14.6 Å². The van der Waals surface area contributed by atoms with Crippen LogP contribution >= 0.6 is 0 Å². The molecule has 1 saturated heterocycles. The fourth-order valence-electron chi connectivity index (χ4n) is 2.61. The number of hydrogen-bond acceptors (Lipinski definition) is 5. The van der Waals surface area contributed by atoms with Crippen molar-refractivity contribution in [1.29, 1.82) is 0 Å². The van der Waals surface area contributed by atoms with Gasteiger partial charge in [-0.3, -0.25) is 4.68 Å². The number of ether oxygens (including phenoxy) is 1. The van der Waals surface area contributed by atoms with E-state index < -0.39 is 5.97 Å². The number of carboxylic acids is 1. The lowest BCUT2D eigenvalue weighted by molar-refractivity contribution is 0.0694. The van der Waals surface area contributed by atoms with Crippen LogP contribution in [-0.2, 0) is 11.8 Å². The predicted molar refractivity (Wildman–Crippen MR) is 73.1 cm³/mol. The minimum atomic E-state index is -0.975. The largest absolute Gasteiger partial charge is 0.478 e. The van der Waals surface area contributed by atoms with Crippen molar-refractivity contribution in [2.45, 2.75) is 13.0 Å². The molecule has 2 aromatic rings. The molecule has 3 heterocycles. The van der Waals surface area contributed by atoms with Crippen molar-refractivity contribution >= 4 is 22.7 Å². The van der Waals surface area contributed by atoms with Gasteiger partial charge in [0.15, 0.2) is 5.65 Å². The van der Waals surface area contributed by atoms with Crippen LogP contribution in [0.25, 0.3) is 11.0 Å². The molecule has 1 atom stereocenters. The van der Waals surface area contributed by atoms with Gasteiger partial charge >= 0.3 is 5.97 Å². The molecule has 7 nitrogen and oxygen atoms in total. The highest BCUT2D eigenvalue weighted by Crippen LogP contribution is 2.31. The van der Waals surface area contributed by atoms with Gasteiger partial charge in [-0.15, -0.1) is 0 Å². The van der Waals surface area contributed by atoms with Gasteiger partial charge in [0, 0.05) is 25.8 Å². The van der Waals surface area contributed by atoms with Gasteiger partial charge in [-0.1, -0.05) is 0 Å². The number of aromatic carboxylic acids is 1. The lowest BCUT2D eigenvalue weighted by Gasteiger charge is -2.36. The van der Waals surface area contributed by atoms with E-state index in [1.807, 2.05) is 6.92 Å². The summed E-state index contributed by atoms with van der Waals surface area (Å²) in [6.07, 6.45) is 3.08. The molecule has 0 aromatic carbocycles. The Morgan fingerprint density at radius 2 is 2.30 bits per heavy atom. The summed E-state index contributed by atoms with van der Waals surface area (Å²) in [7, 11) is 1.79. The Kier molecular flexibility index (Phi) is 3.06. The van der Waals surface area contributed by atoms with E-state index in [4.69, 9.17) is 4.74 Å². The summed E-state index contributed by atoms with van der Waals surface area (Å²) >= 11 is 0. The van der Waals surface area contributed by atoms with Crippen LogP contribution in [0.2, 0.25) is 0 Å². The molecule has 3 rings (SSSR count). The number of carboxylic acid groups (broad SMARTS) is 1. The number of rotatable bonds is 2. The zero-order valence-electron chi connectivity index (χ0n) is 11.4. The highest BCUT2D eigenvalue weighted by molar-refractivity contribution is 6.03. The van der Waals surface area contributed by atoms with Crippen molar-refractivity contribution in [3.05, 3.63) is 18.0 Å². The molecule has 1 N–H and O–H groups in total. The van der Waals surface area contributed by atoms with Crippen LogP contribution < -0.4 is 4.90 Å². The summed E-state index contributed by atoms with van der Waals surface area (Å²) in [6, 6.07) is 0.118. The molecular weight excluding hydrogens is 260 g/mol. The Bertz CT molecular complexity index is 667. The van der Waals surface area contributed by atoms with Crippen LogP contribution in [0.1, 0.15) is 17.3 Å². The zero-order chi connectivity index (χ0) is 14.3.